The van der Waals surface area contributed by atoms with Gasteiger partial charge in [0.2, 0.25) is 10.0 Å². The molecule has 3 rings (SSSR count). The molecule has 0 unspecified atom stereocenters. The van der Waals surface area contributed by atoms with Crippen molar-refractivity contribution in [1.82, 2.24) is 15.4 Å². The van der Waals surface area contributed by atoms with E-state index in [1.807, 2.05) is 6.07 Å². The lowest BCUT2D eigenvalue weighted by Crippen LogP contribution is -2.30. The summed E-state index contributed by atoms with van der Waals surface area (Å²) in [6, 6.07) is 11.9. The van der Waals surface area contributed by atoms with Gasteiger partial charge in [-0.15, -0.1) is 12.4 Å². The number of benzene rings is 2. The largest absolute Gasteiger partial charge is 0.348 e. The average Bonchev–Trinajstić information content (AvgIpc) is 3.06. The summed E-state index contributed by atoms with van der Waals surface area (Å²) in [4.78, 5) is 12.4. The van der Waals surface area contributed by atoms with Crippen molar-refractivity contribution in [3.05, 3.63) is 64.7 Å². The van der Waals surface area contributed by atoms with Crippen LogP contribution < -0.4 is 15.4 Å². The van der Waals surface area contributed by atoms with Gasteiger partial charge in [-0.3, -0.25) is 4.79 Å². The fourth-order valence-corrected chi connectivity index (χ4v) is 4.16. The van der Waals surface area contributed by atoms with Crippen molar-refractivity contribution in [3.8, 4) is 0 Å². The van der Waals surface area contributed by atoms with E-state index in [9.17, 15) is 13.2 Å². The SMILES string of the molecule is CC(C)NS(=O)(=O)c1ccc(C(=O)NCc2ccc3c(c2)CNC3)cc1.Cl. The molecule has 3 N–H and O–H groups in total. The van der Waals surface area contributed by atoms with Gasteiger partial charge >= 0.3 is 0 Å². The third kappa shape index (κ3) is 5.29. The van der Waals surface area contributed by atoms with Crippen LogP contribution in [0.2, 0.25) is 0 Å². The van der Waals surface area contributed by atoms with E-state index in [0.717, 1.165) is 18.7 Å². The third-order valence-corrected chi connectivity index (χ3v) is 5.85. The molecule has 0 bridgehead atoms. The van der Waals surface area contributed by atoms with E-state index >= 15 is 0 Å². The molecule has 0 atom stereocenters. The first kappa shape index (κ1) is 21.4. The highest BCUT2D eigenvalue weighted by atomic mass is 35.5. The molecule has 0 aliphatic carbocycles. The van der Waals surface area contributed by atoms with Crippen molar-refractivity contribution < 1.29 is 13.2 Å². The number of sulfonamides is 1. The smallest absolute Gasteiger partial charge is 0.251 e. The topological polar surface area (TPSA) is 87.3 Å². The molecule has 6 nitrogen and oxygen atoms in total. The van der Waals surface area contributed by atoms with Crippen LogP contribution in [0.15, 0.2) is 47.4 Å². The maximum absolute atomic E-state index is 12.3. The number of rotatable bonds is 6. The Labute approximate surface area is 166 Å². The number of carbonyl (C=O) groups is 1. The molecule has 1 aliphatic rings. The van der Waals surface area contributed by atoms with Crippen molar-refractivity contribution >= 4 is 28.3 Å². The fourth-order valence-electron chi connectivity index (χ4n) is 2.91. The molecule has 0 saturated carbocycles. The lowest BCUT2D eigenvalue weighted by atomic mass is 10.1. The van der Waals surface area contributed by atoms with Crippen LogP contribution in [-0.4, -0.2) is 20.4 Å². The molecule has 1 heterocycles. The highest BCUT2D eigenvalue weighted by Gasteiger charge is 2.16. The lowest BCUT2D eigenvalue weighted by molar-refractivity contribution is 0.0951. The van der Waals surface area contributed by atoms with E-state index in [1.54, 1.807) is 13.8 Å². The number of hydrogen-bond acceptors (Lipinski definition) is 4. The van der Waals surface area contributed by atoms with Gasteiger partial charge in [0.1, 0.15) is 0 Å². The van der Waals surface area contributed by atoms with E-state index in [2.05, 4.69) is 27.5 Å². The van der Waals surface area contributed by atoms with Crippen LogP contribution in [0.3, 0.4) is 0 Å². The fraction of sp³-hybridized carbons (Fsp3) is 0.316. The number of fused-ring (bicyclic) bond motifs is 1. The maximum atomic E-state index is 12.3. The molecular formula is C19H24ClN3O3S. The zero-order valence-corrected chi connectivity index (χ0v) is 16.9. The number of hydrogen-bond donors (Lipinski definition) is 3. The van der Waals surface area contributed by atoms with Gasteiger partial charge in [-0.2, -0.15) is 0 Å². The third-order valence-electron chi connectivity index (χ3n) is 4.17. The van der Waals surface area contributed by atoms with E-state index < -0.39 is 10.0 Å². The molecule has 8 heteroatoms. The van der Waals surface area contributed by atoms with Crippen LogP contribution in [0.4, 0.5) is 0 Å². The predicted molar refractivity (Wildman–Crippen MR) is 107 cm³/mol. The van der Waals surface area contributed by atoms with Crippen LogP contribution in [-0.2, 0) is 29.7 Å². The molecule has 27 heavy (non-hydrogen) atoms. The maximum Gasteiger partial charge on any atom is 0.251 e. The van der Waals surface area contributed by atoms with Crippen molar-refractivity contribution in [3.63, 3.8) is 0 Å². The number of nitrogens with one attached hydrogen (secondary N) is 3. The summed E-state index contributed by atoms with van der Waals surface area (Å²) in [5.74, 6) is -0.232. The summed E-state index contributed by atoms with van der Waals surface area (Å²) in [7, 11) is -3.55. The predicted octanol–water partition coefficient (Wildman–Crippen LogP) is 2.33. The van der Waals surface area contributed by atoms with Crippen molar-refractivity contribution in [1.29, 1.82) is 0 Å². The molecular weight excluding hydrogens is 386 g/mol. The van der Waals surface area contributed by atoms with E-state index in [4.69, 9.17) is 0 Å². The van der Waals surface area contributed by atoms with Crippen molar-refractivity contribution in [2.75, 3.05) is 0 Å². The summed E-state index contributed by atoms with van der Waals surface area (Å²) in [5.41, 5.74) is 4.04. The van der Waals surface area contributed by atoms with Crippen molar-refractivity contribution in [2.45, 2.75) is 44.4 Å². The molecule has 1 aliphatic heterocycles. The summed E-state index contributed by atoms with van der Waals surface area (Å²) in [5, 5.41) is 6.17. The van der Waals surface area contributed by atoms with Crippen LogP contribution in [0.25, 0.3) is 0 Å². The van der Waals surface area contributed by atoms with Crippen LogP contribution in [0, 0.1) is 0 Å². The second-order valence-corrected chi connectivity index (χ2v) is 8.40. The number of halogens is 1. The molecule has 146 valence electrons. The standard InChI is InChI=1S/C19H23N3O3S.ClH/c1-13(2)22-26(24,25)18-7-5-15(6-8-18)19(23)21-10-14-3-4-16-11-20-12-17(16)9-14;/h3-9,13,20,22H,10-12H2,1-2H3,(H,21,23);1H. The van der Waals surface area contributed by atoms with Gasteiger partial charge in [-0.1, -0.05) is 18.2 Å². The Balaban J connectivity index is 0.00000261. The Bertz CT molecular complexity index is 912. The van der Waals surface area contributed by atoms with E-state index in [1.165, 1.54) is 35.4 Å². The average molecular weight is 410 g/mol. The second-order valence-electron chi connectivity index (χ2n) is 6.69. The first-order valence-electron chi connectivity index (χ1n) is 8.57. The van der Waals surface area contributed by atoms with Gasteiger partial charge in [0, 0.05) is 31.2 Å². The van der Waals surface area contributed by atoms with Crippen molar-refractivity contribution in [2.24, 2.45) is 0 Å². The summed E-state index contributed by atoms with van der Waals surface area (Å²) in [6.45, 7) is 5.70. The van der Waals surface area contributed by atoms with Crippen LogP contribution in [0.1, 0.15) is 40.9 Å². The van der Waals surface area contributed by atoms with Gasteiger partial charge in [0.25, 0.3) is 5.91 Å². The lowest BCUT2D eigenvalue weighted by Gasteiger charge is -2.10. The molecule has 2 aromatic rings. The molecule has 0 radical (unpaired) electrons. The summed E-state index contributed by atoms with van der Waals surface area (Å²) in [6.07, 6.45) is 0. The first-order chi connectivity index (χ1) is 12.3. The minimum Gasteiger partial charge on any atom is -0.348 e. The van der Waals surface area contributed by atoms with Gasteiger partial charge in [0.15, 0.2) is 0 Å². The molecule has 0 aromatic heterocycles. The van der Waals surface area contributed by atoms with Crippen LogP contribution in [0.5, 0.6) is 0 Å². The van der Waals surface area contributed by atoms with Gasteiger partial charge in [-0.05, 0) is 54.8 Å². The quantitative estimate of drug-likeness (QED) is 0.683. The molecule has 0 fully saturated rings. The Kier molecular flexibility index (Phi) is 7.00. The molecule has 2 aromatic carbocycles. The number of carbonyl (C=O) groups excluding carboxylic acids is 1. The molecule has 0 saturated heterocycles. The Morgan fingerprint density at radius 2 is 1.74 bits per heavy atom. The minimum atomic E-state index is -3.55. The highest BCUT2D eigenvalue weighted by Crippen LogP contribution is 2.17. The Morgan fingerprint density at radius 3 is 2.41 bits per heavy atom. The van der Waals surface area contributed by atoms with Gasteiger partial charge in [0.05, 0.1) is 4.90 Å². The normalized spacial score (nSPS) is 13.1. The Hall–Kier alpha value is -1.93. The number of amides is 1. The van der Waals surface area contributed by atoms with Gasteiger partial charge < -0.3 is 10.6 Å². The van der Waals surface area contributed by atoms with E-state index in [-0.39, 0.29) is 29.3 Å². The summed E-state index contributed by atoms with van der Waals surface area (Å²) < 4.78 is 26.7. The van der Waals surface area contributed by atoms with Gasteiger partial charge in [-0.25, -0.2) is 13.1 Å². The second kappa shape index (κ2) is 8.84. The Morgan fingerprint density at radius 1 is 1.07 bits per heavy atom. The monoisotopic (exact) mass is 409 g/mol. The van der Waals surface area contributed by atoms with Crippen LogP contribution >= 0.6 is 12.4 Å². The zero-order chi connectivity index (χ0) is 18.7. The molecule has 1 amide bonds. The minimum absolute atomic E-state index is 0. The zero-order valence-electron chi connectivity index (χ0n) is 15.3. The molecule has 0 spiro atoms. The summed E-state index contributed by atoms with van der Waals surface area (Å²) >= 11 is 0. The van der Waals surface area contributed by atoms with E-state index in [0.29, 0.717) is 12.1 Å². The highest BCUT2D eigenvalue weighted by molar-refractivity contribution is 7.89. The first-order valence-corrected chi connectivity index (χ1v) is 10.1.